The van der Waals surface area contributed by atoms with Crippen LogP contribution in [0.2, 0.25) is 0 Å². The molecule has 0 aromatic heterocycles. The van der Waals surface area contributed by atoms with Crippen molar-refractivity contribution in [3.8, 4) is 0 Å². The van der Waals surface area contributed by atoms with Gasteiger partial charge >= 0.3 is 0 Å². The van der Waals surface area contributed by atoms with Crippen LogP contribution in [0.3, 0.4) is 0 Å². The van der Waals surface area contributed by atoms with Gasteiger partial charge in [-0.3, -0.25) is 9.59 Å². The van der Waals surface area contributed by atoms with Gasteiger partial charge in [0, 0.05) is 8.90 Å². The zero-order valence-corrected chi connectivity index (χ0v) is 22.9. The molecule has 3 aliphatic carbocycles. The summed E-state index contributed by atoms with van der Waals surface area (Å²) in [5.74, 6) is -0.273. The van der Waals surface area contributed by atoms with E-state index >= 15 is 0 Å². The molecule has 0 unspecified atom stereocenters. The molecule has 2 amide bonds. The van der Waals surface area contributed by atoms with E-state index in [1.54, 1.807) is 0 Å². The van der Waals surface area contributed by atoms with E-state index < -0.39 is 0 Å². The average Bonchev–Trinajstić information content (AvgIpc) is 3.30. The van der Waals surface area contributed by atoms with Gasteiger partial charge in [-0.25, -0.2) is 0 Å². The lowest BCUT2D eigenvalue weighted by Gasteiger charge is -2.23. The van der Waals surface area contributed by atoms with Crippen LogP contribution < -0.4 is 11.1 Å². The van der Waals surface area contributed by atoms with Crippen molar-refractivity contribution in [2.75, 3.05) is 13.2 Å². The van der Waals surface area contributed by atoms with Gasteiger partial charge in [-0.15, -0.1) is 0 Å². The highest BCUT2D eigenvalue weighted by Crippen LogP contribution is 2.21. The van der Waals surface area contributed by atoms with Crippen molar-refractivity contribution in [2.45, 2.75) is 155 Å². The quantitative estimate of drug-likeness (QED) is 0.380. The van der Waals surface area contributed by atoms with Crippen molar-refractivity contribution in [3.05, 3.63) is 0 Å². The zero-order valence-electron chi connectivity index (χ0n) is 22.9. The molecule has 0 bridgehead atoms. The largest absolute Gasteiger partial charge is 0.368 e. The van der Waals surface area contributed by atoms with Crippen LogP contribution in [0.15, 0.2) is 0 Å². The van der Waals surface area contributed by atoms with Crippen LogP contribution in [-0.4, -0.2) is 43.3 Å². The second-order valence-electron chi connectivity index (χ2n) is 9.22. The molecule has 0 spiro atoms. The Morgan fingerprint density at radius 1 is 0.647 bits per heavy atom. The molecule has 6 nitrogen and oxygen atoms in total. The van der Waals surface area contributed by atoms with Crippen molar-refractivity contribution in [3.63, 3.8) is 0 Å². The lowest BCUT2D eigenvalue weighted by molar-refractivity contribution is -0.129. The number of carbonyl (C=O) groups is 2. The summed E-state index contributed by atoms with van der Waals surface area (Å²) >= 11 is 0. The molecule has 34 heavy (non-hydrogen) atoms. The number of carbonyl (C=O) groups excluding carboxylic acids is 2. The Bertz CT molecular complexity index is 476. The third-order valence-corrected chi connectivity index (χ3v) is 6.49. The number of rotatable bonds is 7. The van der Waals surface area contributed by atoms with E-state index in [0.29, 0.717) is 12.1 Å². The van der Waals surface area contributed by atoms with Gasteiger partial charge in [0.05, 0.1) is 12.2 Å². The van der Waals surface area contributed by atoms with Crippen LogP contribution in [0.25, 0.3) is 0 Å². The Labute approximate surface area is 213 Å². The molecule has 0 heterocycles. The highest BCUT2D eigenvalue weighted by Gasteiger charge is 2.18. The molecule has 206 valence electrons. The standard InChI is InChI=1S/C15H27NO2.C9H17NO2.2C2H6.2H2/c17-15(16-13-8-4-3-5-9-13)12-18-14-10-6-1-2-7-11-14;10-9(11)7-12-8-5-3-1-2-4-6-8;2*1-2;;/h13-14H,1-12H2,(H,16,17);8H,1-7H2,(H2,10,11);2*1-2H3;2*1H. The van der Waals surface area contributed by atoms with Crippen LogP contribution in [0.5, 0.6) is 0 Å². The van der Waals surface area contributed by atoms with Crippen molar-refractivity contribution in [1.82, 2.24) is 5.32 Å². The molecule has 0 saturated heterocycles. The highest BCUT2D eigenvalue weighted by atomic mass is 16.5. The smallest absolute Gasteiger partial charge is 0.246 e. The molecule has 3 N–H and O–H groups in total. The van der Waals surface area contributed by atoms with Crippen LogP contribution in [0.4, 0.5) is 0 Å². The molecule has 3 fully saturated rings. The number of hydrogen-bond acceptors (Lipinski definition) is 4. The fourth-order valence-corrected chi connectivity index (χ4v) is 4.73. The van der Waals surface area contributed by atoms with Crippen molar-refractivity contribution in [1.29, 1.82) is 0 Å². The van der Waals surface area contributed by atoms with E-state index in [4.69, 9.17) is 15.2 Å². The zero-order chi connectivity index (χ0) is 25.4. The topological polar surface area (TPSA) is 90.7 Å². The van der Waals surface area contributed by atoms with Gasteiger partial charge in [0.1, 0.15) is 13.2 Å². The molecular formula is C28H60N2O4. The van der Waals surface area contributed by atoms with Gasteiger partial charge in [0.2, 0.25) is 11.8 Å². The normalized spacial score (nSPS) is 20.0. The Morgan fingerprint density at radius 3 is 1.41 bits per heavy atom. The van der Waals surface area contributed by atoms with Crippen molar-refractivity contribution in [2.24, 2.45) is 5.73 Å². The second-order valence-corrected chi connectivity index (χ2v) is 9.22. The van der Waals surface area contributed by atoms with Gasteiger partial charge in [-0.1, -0.05) is 98.3 Å². The predicted molar refractivity (Wildman–Crippen MR) is 146 cm³/mol. The number of hydrogen-bond donors (Lipinski definition) is 2. The lowest BCUT2D eigenvalue weighted by Crippen LogP contribution is -2.39. The maximum absolute atomic E-state index is 11.8. The first-order chi connectivity index (χ1) is 16.6. The maximum Gasteiger partial charge on any atom is 0.246 e. The van der Waals surface area contributed by atoms with Gasteiger partial charge in [-0.2, -0.15) is 0 Å². The SMILES string of the molecule is CC.CC.NC(=O)COC1CCCCCC1.O=C(COC1CCCCCC1)NC1CCCCC1.[HH].[HH]. The molecule has 0 radical (unpaired) electrons. The molecule has 0 aromatic carbocycles. The third kappa shape index (κ3) is 18.2. The van der Waals surface area contributed by atoms with Gasteiger partial charge in [0.15, 0.2) is 0 Å². The Kier molecular flexibility index (Phi) is 22.8. The lowest BCUT2D eigenvalue weighted by atomic mass is 9.95. The van der Waals surface area contributed by atoms with E-state index in [1.807, 2.05) is 27.7 Å². The number of ether oxygens (including phenoxy) is 2. The molecule has 0 aromatic rings. The minimum atomic E-state index is -0.362. The highest BCUT2D eigenvalue weighted by molar-refractivity contribution is 5.77. The number of nitrogens with two attached hydrogens (primary N) is 1. The fraction of sp³-hybridized carbons (Fsp3) is 0.929. The summed E-state index contributed by atoms with van der Waals surface area (Å²) in [4.78, 5) is 22.2. The summed E-state index contributed by atoms with van der Waals surface area (Å²) in [7, 11) is 0. The summed E-state index contributed by atoms with van der Waals surface area (Å²) < 4.78 is 11.1. The van der Waals surface area contributed by atoms with Gasteiger partial charge in [-0.05, 0) is 38.5 Å². The first-order valence-corrected chi connectivity index (χ1v) is 14.4. The van der Waals surface area contributed by atoms with E-state index in [0.717, 1.165) is 38.5 Å². The summed E-state index contributed by atoms with van der Waals surface area (Å²) in [5, 5.41) is 3.11. The molecule has 6 heteroatoms. The summed E-state index contributed by atoms with van der Waals surface area (Å²) in [5.41, 5.74) is 4.98. The van der Waals surface area contributed by atoms with Crippen LogP contribution >= 0.6 is 0 Å². The summed E-state index contributed by atoms with van der Waals surface area (Å²) in [6.45, 7) is 8.35. The molecule has 0 atom stereocenters. The van der Waals surface area contributed by atoms with Crippen LogP contribution in [0, 0.1) is 0 Å². The molecule has 3 saturated carbocycles. The Balaban J connectivity index is -0.000000533. The monoisotopic (exact) mass is 488 g/mol. The van der Waals surface area contributed by atoms with Crippen LogP contribution in [0.1, 0.15) is 140 Å². The first kappa shape index (κ1) is 32.9. The maximum atomic E-state index is 11.8. The molecule has 0 aliphatic heterocycles. The van der Waals surface area contributed by atoms with Gasteiger partial charge < -0.3 is 20.5 Å². The Morgan fingerprint density at radius 2 is 1.00 bits per heavy atom. The Hall–Kier alpha value is -1.14. The van der Waals surface area contributed by atoms with E-state index in [2.05, 4.69) is 5.32 Å². The molecule has 3 aliphatic rings. The van der Waals surface area contributed by atoms with E-state index in [1.165, 1.54) is 70.6 Å². The van der Waals surface area contributed by atoms with E-state index in [9.17, 15) is 9.59 Å². The fourth-order valence-electron chi connectivity index (χ4n) is 4.73. The molecule has 3 rings (SSSR count). The van der Waals surface area contributed by atoms with Crippen molar-refractivity contribution < 1.29 is 21.9 Å². The number of primary amides is 1. The minimum Gasteiger partial charge on any atom is -0.368 e. The second kappa shape index (κ2) is 23.6. The van der Waals surface area contributed by atoms with Crippen LogP contribution in [-0.2, 0) is 19.1 Å². The average molecular weight is 489 g/mol. The van der Waals surface area contributed by atoms with Gasteiger partial charge in [0.25, 0.3) is 0 Å². The third-order valence-electron chi connectivity index (χ3n) is 6.49. The van der Waals surface area contributed by atoms with E-state index in [-0.39, 0.29) is 34.0 Å². The number of nitrogens with one attached hydrogen (secondary N) is 1. The predicted octanol–water partition coefficient (Wildman–Crippen LogP) is 6.93. The summed E-state index contributed by atoms with van der Waals surface area (Å²) in [6, 6.07) is 0.406. The number of amides is 2. The summed E-state index contributed by atoms with van der Waals surface area (Å²) in [6.07, 6.45) is 21.4. The minimum absolute atomic E-state index is 0. The first-order valence-electron chi connectivity index (χ1n) is 14.4. The molecular weight excluding hydrogens is 428 g/mol. The van der Waals surface area contributed by atoms with Crippen molar-refractivity contribution >= 4 is 11.8 Å².